The Morgan fingerprint density at radius 1 is 1.05 bits per heavy atom. The maximum Gasteiger partial charge on any atom is 0.120 e. The number of hydrogen-bond acceptors (Lipinski definition) is 2. The van der Waals surface area contributed by atoms with E-state index in [1.165, 1.54) is 5.57 Å². The molecule has 0 bridgehead atoms. The molecule has 1 unspecified atom stereocenters. The van der Waals surface area contributed by atoms with Crippen molar-refractivity contribution in [1.82, 2.24) is 0 Å². The average molecular weight is 266 g/mol. The molecule has 0 amide bonds. The minimum Gasteiger partial charge on any atom is -0.489 e. The summed E-state index contributed by atoms with van der Waals surface area (Å²) in [5.74, 6) is 1.16. The molecule has 1 aliphatic rings. The number of hydrogen-bond donors (Lipinski definition) is 1. The molecule has 0 saturated carbocycles. The van der Waals surface area contributed by atoms with E-state index in [4.69, 9.17) is 4.74 Å². The third-order valence-corrected chi connectivity index (χ3v) is 3.70. The van der Waals surface area contributed by atoms with Gasteiger partial charge in [0.05, 0.1) is 6.61 Å². The second kappa shape index (κ2) is 5.93. The van der Waals surface area contributed by atoms with Crippen molar-refractivity contribution in [1.29, 1.82) is 0 Å². The standard InChI is InChI=1S/C18H18O2/c19-12-16-9-10-18(16)15-7-4-8-17(11-15)20-13-14-5-2-1-3-6-14/h1-8,10-11,16,19H,9,12-13H2. The van der Waals surface area contributed by atoms with Crippen molar-refractivity contribution in [3.63, 3.8) is 0 Å². The van der Waals surface area contributed by atoms with E-state index in [0.717, 1.165) is 23.3 Å². The van der Waals surface area contributed by atoms with Crippen LogP contribution in [-0.4, -0.2) is 11.7 Å². The molecule has 0 radical (unpaired) electrons. The number of aliphatic hydroxyl groups is 1. The summed E-state index contributed by atoms with van der Waals surface area (Å²) < 4.78 is 5.83. The van der Waals surface area contributed by atoms with Crippen molar-refractivity contribution in [2.24, 2.45) is 5.92 Å². The van der Waals surface area contributed by atoms with Crippen LogP contribution in [0.5, 0.6) is 5.75 Å². The monoisotopic (exact) mass is 266 g/mol. The molecule has 1 aliphatic carbocycles. The smallest absolute Gasteiger partial charge is 0.120 e. The molecule has 20 heavy (non-hydrogen) atoms. The van der Waals surface area contributed by atoms with Gasteiger partial charge < -0.3 is 9.84 Å². The first kappa shape index (κ1) is 12.9. The Hall–Kier alpha value is -2.06. The minimum absolute atomic E-state index is 0.223. The summed E-state index contributed by atoms with van der Waals surface area (Å²) in [7, 11) is 0. The lowest BCUT2D eigenvalue weighted by atomic mass is 9.81. The van der Waals surface area contributed by atoms with Gasteiger partial charge >= 0.3 is 0 Å². The van der Waals surface area contributed by atoms with Crippen molar-refractivity contribution in [2.75, 3.05) is 6.61 Å². The number of ether oxygens (including phenoxy) is 1. The van der Waals surface area contributed by atoms with E-state index >= 15 is 0 Å². The number of allylic oxidation sites excluding steroid dienone is 1. The predicted octanol–water partition coefficient (Wildman–Crippen LogP) is 3.66. The van der Waals surface area contributed by atoms with Crippen LogP contribution in [0.3, 0.4) is 0 Å². The van der Waals surface area contributed by atoms with E-state index in [1.807, 2.05) is 30.3 Å². The van der Waals surface area contributed by atoms with Gasteiger partial charge in [-0.3, -0.25) is 0 Å². The first-order chi connectivity index (χ1) is 9.86. The quantitative estimate of drug-likeness (QED) is 0.895. The lowest BCUT2D eigenvalue weighted by Crippen LogP contribution is -2.15. The Morgan fingerprint density at radius 3 is 2.60 bits per heavy atom. The van der Waals surface area contributed by atoms with E-state index in [1.54, 1.807) is 0 Å². The van der Waals surface area contributed by atoms with Crippen LogP contribution in [0.4, 0.5) is 0 Å². The highest BCUT2D eigenvalue weighted by Crippen LogP contribution is 2.36. The topological polar surface area (TPSA) is 29.5 Å². The predicted molar refractivity (Wildman–Crippen MR) is 80.4 cm³/mol. The zero-order valence-electron chi connectivity index (χ0n) is 11.3. The van der Waals surface area contributed by atoms with Crippen molar-refractivity contribution < 1.29 is 9.84 Å². The first-order valence-corrected chi connectivity index (χ1v) is 6.95. The fourth-order valence-corrected chi connectivity index (χ4v) is 2.44. The maximum absolute atomic E-state index is 9.27. The second-order valence-corrected chi connectivity index (χ2v) is 5.08. The molecule has 1 atom stereocenters. The van der Waals surface area contributed by atoms with Crippen LogP contribution in [0.2, 0.25) is 0 Å². The molecule has 0 aliphatic heterocycles. The third kappa shape index (κ3) is 2.75. The molecule has 2 heteroatoms. The lowest BCUT2D eigenvalue weighted by Gasteiger charge is -2.25. The molecule has 1 N–H and O–H groups in total. The van der Waals surface area contributed by atoms with Crippen molar-refractivity contribution in [3.8, 4) is 5.75 Å². The molecule has 0 fully saturated rings. The summed E-state index contributed by atoms with van der Waals surface area (Å²) >= 11 is 0. The summed E-state index contributed by atoms with van der Waals surface area (Å²) in [5, 5.41) is 9.27. The highest BCUT2D eigenvalue weighted by molar-refractivity contribution is 5.73. The Bertz CT molecular complexity index is 602. The van der Waals surface area contributed by atoms with Gasteiger partial charge in [-0.2, -0.15) is 0 Å². The molecule has 102 valence electrons. The molecule has 0 aromatic heterocycles. The van der Waals surface area contributed by atoms with E-state index in [0.29, 0.717) is 12.5 Å². The molecular weight excluding hydrogens is 248 g/mol. The van der Waals surface area contributed by atoms with Crippen molar-refractivity contribution in [3.05, 3.63) is 71.8 Å². The minimum atomic E-state index is 0.223. The number of aliphatic hydroxyl groups excluding tert-OH is 1. The van der Waals surface area contributed by atoms with Gasteiger partial charge in [-0.1, -0.05) is 48.5 Å². The van der Waals surface area contributed by atoms with Crippen LogP contribution in [0, 0.1) is 5.92 Å². The SMILES string of the molecule is OCC1CC=C1c1cccc(OCc2ccccc2)c1. The lowest BCUT2D eigenvalue weighted by molar-refractivity contribution is 0.251. The summed E-state index contributed by atoms with van der Waals surface area (Å²) in [6, 6.07) is 18.2. The summed E-state index contributed by atoms with van der Waals surface area (Å²) in [6.45, 7) is 0.799. The number of benzene rings is 2. The molecule has 0 spiro atoms. The van der Waals surface area contributed by atoms with Crippen LogP contribution in [0.15, 0.2) is 60.7 Å². The zero-order chi connectivity index (χ0) is 13.8. The van der Waals surface area contributed by atoms with Gasteiger partial charge in [0.25, 0.3) is 0 Å². The van der Waals surface area contributed by atoms with Gasteiger partial charge in [0.15, 0.2) is 0 Å². The summed E-state index contributed by atoms with van der Waals surface area (Å²) in [5.41, 5.74) is 3.55. The van der Waals surface area contributed by atoms with Crippen LogP contribution >= 0.6 is 0 Å². The van der Waals surface area contributed by atoms with E-state index in [2.05, 4.69) is 30.3 Å². The van der Waals surface area contributed by atoms with E-state index in [-0.39, 0.29) is 6.61 Å². The summed E-state index contributed by atoms with van der Waals surface area (Å²) in [4.78, 5) is 0. The molecule has 0 heterocycles. The second-order valence-electron chi connectivity index (χ2n) is 5.08. The highest BCUT2D eigenvalue weighted by atomic mass is 16.5. The largest absolute Gasteiger partial charge is 0.489 e. The average Bonchev–Trinajstić information content (AvgIpc) is 2.46. The first-order valence-electron chi connectivity index (χ1n) is 6.95. The molecular formula is C18H18O2. The Morgan fingerprint density at radius 2 is 1.90 bits per heavy atom. The van der Waals surface area contributed by atoms with E-state index < -0.39 is 0 Å². The molecule has 2 aromatic rings. The maximum atomic E-state index is 9.27. The van der Waals surface area contributed by atoms with Crippen LogP contribution in [0.25, 0.3) is 5.57 Å². The van der Waals surface area contributed by atoms with Gasteiger partial charge in [-0.05, 0) is 35.3 Å². The molecule has 0 saturated heterocycles. The fourth-order valence-electron chi connectivity index (χ4n) is 2.44. The fraction of sp³-hybridized carbons (Fsp3) is 0.222. The van der Waals surface area contributed by atoms with Gasteiger partial charge in [0, 0.05) is 5.92 Å². The molecule has 3 rings (SSSR count). The molecule has 2 nitrogen and oxygen atoms in total. The van der Waals surface area contributed by atoms with Gasteiger partial charge in [0.2, 0.25) is 0 Å². The van der Waals surface area contributed by atoms with Crippen LogP contribution in [-0.2, 0) is 6.61 Å². The Balaban J connectivity index is 1.69. The normalized spacial score (nSPS) is 17.2. The van der Waals surface area contributed by atoms with Gasteiger partial charge in [0.1, 0.15) is 12.4 Å². The van der Waals surface area contributed by atoms with Crippen LogP contribution in [0.1, 0.15) is 17.5 Å². The van der Waals surface area contributed by atoms with Crippen molar-refractivity contribution >= 4 is 5.57 Å². The summed E-state index contributed by atoms with van der Waals surface area (Å²) in [6.07, 6.45) is 3.15. The molecule has 2 aromatic carbocycles. The Kier molecular flexibility index (Phi) is 3.84. The third-order valence-electron chi connectivity index (χ3n) is 3.70. The Labute approximate surface area is 119 Å². The van der Waals surface area contributed by atoms with E-state index in [9.17, 15) is 5.11 Å². The number of rotatable bonds is 5. The van der Waals surface area contributed by atoms with Gasteiger partial charge in [-0.25, -0.2) is 0 Å². The van der Waals surface area contributed by atoms with Gasteiger partial charge in [-0.15, -0.1) is 0 Å². The zero-order valence-corrected chi connectivity index (χ0v) is 11.3. The van der Waals surface area contributed by atoms with Crippen LogP contribution < -0.4 is 4.74 Å². The van der Waals surface area contributed by atoms with Crippen molar-refractivity contribution in [2.45, 2.75) is 13.0 Å². The highest BCUT2D eigenvalue weighted by Gasteiger charge is 2.21.